The van der Waals surface area contributed by atoms with Gasteiger partial charge in [-0.1, -0.05) is 23.5 Å². The van der Waals surface area contributed by atoms with Gasteiger partial charge in [-0.25, -0.2) is 0 Å². The van der Waals surface area contributed by atoms with E-state index < -0.39 is 5.25 Å². The minimum Gasteiger partial charge on any atom is -0.496 e. The Hall–Kier alpha value is -2.13. The van der Waals surface area contributed by atoms with Crippen LogP contribution < -0.4 is 10.1 Å². The van der Waals surface area contributed by atoms with E-state index in [2.05, 4.69) is 20.3 Å². The van der Waals surface area contributed by atoms with Crippen molar-refractivity contribution in [2.75, 3.05) is 25.3 Å². The molecule has 24 heavy (non-hydrogen) atoms. The van der Waals surface area contributed by atoms with E-state index in [1.807, 2.05) is 24.3 Å². The van der Waals surface area contributed by atoms with Crippen molar-refractivity contribution < 1.29 is 19.1 Å². The van der Waals surface area contributed by atoms with Crippen LogP contribution in [-0.4, -0.2) is 47.3 Å². The minimum absolute atomic E-state index is 0.119. The number of carbonyl (C=O) groups excluding carboxylic acids is 2. The van der Waals surface area contributed by atoms with Gasteiger partial charge in [0, 0.05) is 0 Å². The fourth-order valence-corrected chi connectivity index (χ4v) is 3.23. The number of hydrogen-bond acceptors (Lipinski definition) is 8. The molecule has 1 atom stereocenters. The number of rotatable bonds is 7. The van der Waals surface area contributed by atoms with Gasteiger partial charge in [0.1, 0.15) is 5.75 Å². The highest BCUT2D eigenvalue weighted by Gasteiger charge is 2.18. The number of benzene rings is 1. The highest BCUT2D eigenvalue weighted by molar-refractivity contribution is 8.01. The highest BCUT2D eigenvalue weighted by atomic mass is 32.2. The lowest BCUT2D eigenvalue weighted by molar-refractivity contribution is -0.137. The normalized spacial score (nSPS) is 11.6. The van der Waals surface area contributed by atoms with Crippen molar-refractivity contribution in [2.45, 2.75) is 12.2 Å². The van der Waals surface area contributed by atoms with Crippen LogP contribution in [0.5, 0.6) is 5.75 Å². The average molecular weight is 367 g/mol. The molecule has 1 amide bonds. The molecular formula is C15H17N3O4S2. The number of aromatic nitrogens is 2. The fourth-order valence-electron chi connectivity index (χ4n) is 1.74. The largest absolute Gasteiger partial charge is 0.496 e. The van der Waals surface area contributed by atoms with Crippen LogP contribution in [0.2, 0.25) is 0 Å². The van der Waals surface area contributed by atoms with Crippen LogP contribution in [0, 0.1) is 0 Å². The zero-order chi connectivity index (χ0) is 17.5. The summed E-state index contributed by atoms with van der Waals surface area (Å²) in [5.74, 6) is 0.197. The van der Waals surface area contributed by atoms with E-state index in [1.54, 1.807) is 14.0 Å². The molecule has 0 saturated heterocycles. The predicted molar refractivity (Wildman–Crippen MR) is 94.5 cm³/mol. The second-order valence-electron chi connectivity index (χ2n) is 4.63. The average Bonchev–Trinajstić information content (AvgIpc) is 3.07. The van der Waals surface area contributed by atoms with Crippen molar-refractivity contribution in [3.63, 3.8) is 0 Å². The van der Waals surface area contributed by atoms with Crippen molar-refractivity contribution in [3.8, 4) is 16.3 Å². The van der Waals surface area contributed by atoms with E-state index in [0.717, 1.165) is 5.56 Å². The topological polar surface area (TPSA) is 90.4 Å². The lowest BCUT2D eigenvalue weighted by Crippen LogP contribution is -2.23. The van der Waals surface area contributed by atoms with E-state index in [0.29, 0.717) is 15.9 Å². The van der Waals surface area contributed by atoms with Gasteiger partial charge in [0.05, 0.1) is 30.8 Å². The maximum Gasteiger partial charge on any atom is 0.315 e. The maximum atomic E-state index is 12.1. The highest BCUT2D eigenvalue weighted by Crippen LogP contribution is 2.33. The Morgan fingerprint density at radius 2 is 2.04 bits per heavy atom. The van der Waals surface area contributed by atoms with Gasteiger partial charge in [-0.3, -0.25) is 14.9 Å². The summed E-state index contributed by atoms with van der Waals surface area (Å²) in [4.78, 5) is 23.2. The molecule has 2 aromatic rings. The van der Waals surface area contributed by atoms with Crippen molar-refractivity contribution in [1.29, 1.82) is 0 Å². The molecule has 0 fully saturated rings. The molecule has 128 valence electrons. The number of ether oxygens (including phenoxy) is 2. The molecule has 0 aliphatic rings. The van der Waals surface area contributed by atoms with Crippen LogP contribution in [0.1, 0.15) is 6.92 Å². The molecule has 1 aromatic carbocycles. The molecule has 1 N–H and O–H groups in total. The van der Waals surface area contributed by atoms with Crippen molar-refractivity contribution in [3.05, 3.63) is 24.3 Å². The molecule has 1 aromatic heterocycles. The van der Waals surface area contributed by atoms with Crippen molar-refractivity contribution >= 4 is 40.1 Å². The zero-order valence-corrected chi connectivity index (χ0v) is 15.1. The number of nitrogens with one attached hydrogen (secondary N) is 1. The zero-order valence-electron chi connectivity index (χ0n) is 13.4. The van der Waals surface area contributed by atoms with Gasteiger partial charge in [0.15, 0.2) is 5.01 Å². The number of hydrogen-bond donors (Lipinski definition) is 1. The first-order chi connectivity index (χ1) is 11.5. The second kappa shape index (κ2) is 8.65. The van der Waals surface area contributed by atoms with Crippen LogP contribution >= 0.6 is 23.1 Å². The Morgan fingerprint density at radius 3 is 2.75 bits per heavy atom. The monoisotopic (exact) mass is 367 g/mol. The third-order valence-electron chi connectivity index (χ3n) is 3.04. The summed E-state index contributed by atoms with van der Waals surface area (Å²) in [6, 6.07) is 7.45. The first kappa shape index (κ1) is 18.2. The minimum atomic E-state index is -0.414. The third kappa shape index (κ3) is 4.68. The van der Waals surface area contributed by atoms with Gasteiger partial charge in [-0.15, -0.1) is 22.0 Å². The summed E-state index contributed by atoms with van der Waals surface area (Å²) in [6.07, 6.45) is 0. The smallest absolute Gasteiger partial charge is 0.315 e. The first-order valence-corrected chi connectivity index (χ1v) is 8.88. The Bertz CT molecular complexity index is 720. The van der Waals surface area contributed by atoms with Crippen LogP contribution in [0.25, 0.3) is 10.6 Å². The number of carbonyl (C=O) groups is 2. The Morgan fingerprint density at radius 1 is 1.29 bits per heavy atom. The number of esters is 1. The van der Waals surface area contributed by atoms with Gasteiger partial charge in [-0.05, 0) is 19.1 Å². The quantitative estimate of drug-likeness (QED) is 0.752. The molecule has 0 aliphatic heterocycles. The first-order valence-electron chi connectivity index (χ1n) is 7.01. The summed E-state index contributed by atoms with van der Waals surface area (Å²) < 4.78 is 9.85. The summed E-state index contributed by atoms with van der Waals surface area (Å²) in [5, 5.41) is 11.4. The van der Waals surface area contributed by atoms with Crippen LogP contribution in [-0.2, 0) is 14.3 Å². The van der Waals surface area contributed by atoms with Gasteiger partial charge in [-0.2, -0.15) is 0 Å². The third-order valence-corrected chi connectivity index (χ3v) is 5.03. The molecule has 0 aliphatic carbocycles. The predicted octanol–water partition coefficient (Wildman–Crippen LogP) is 2.45. The molecule has 0 bridgehead atoms. The standard InChI is InChI=1S/C15H17N3O4S2/c1-9(23-8-12(19)22-3)13(20)16-15-18-17-14(24-15)10-6-4-5-7-11(10)21-2/h4-7,9H,8H2,1-3H3,(H,16,18,20). The van der Waals surface area contributed by atoms with E-state index in [1.165, 1.54) is 30.2 Å². The van der Waals surface area contributed by atoms with E-state index in [9.17, 15) is 9.59 Å². The summed E-state index contributed by atoms with van der Waals surface area (Å²) in [5.41, 5.74) is 0.811. The van der Waals surface area contributed by atoms with Crippen LogP contribution in [0.4, 0.5) is 5.13 Å². The lowest BCUT2D eigenvalue weighted by Gasteiger charge is -2.09. The number of methoxy groups -OCH3 is 2. The molecule has 9 heteroatoms. The van der Waals surface area contributed by atoms with Gasteiger partial charge in [0.25, 0.3) is 0 Å². The molecule has 7 nitrogen and oxygen atoms in total. The molecular weight excluding hydrogens is 350 g/mol. The molecule has 0 saturated carbocycles. The van der Waals surface area contributed by atoms with Gasteiger partial charge < -0.3 is 9.47 Å². The number of para-hydroxylation sites is 1. The number of amides is 1. The van der Waals surface area contributed by atoms with Gasteiger partial charge in [0.2, 0.25) is 11.0 Å². The molecule has 0 radical (unpaired) electrons. The van der Waals surface area contributed by atoms with E-state index in [4.69, 9.17) is 4.74 Å². The van der Waals surface area contributed by atoms with E-state index >= 15 is 0 Å². The van der Waals surface area contributed by atoms with Crippen LogP contribution in [0.3, 0.4) is 0 Å². The molecule has 1 heterocycles. The Balaban J connectivity index is 2.00. The Labute approximate surface area is 147 Å². The van der Waals surface area contributed by atoms with Crippen molar-refractivity contribution in [2.24, 2.45) is 0 Å². The summed E-state index contributed by atoms with van der Waals surface area (Å²) in [7, 11) is 2.90. The lowest BCUT2D eigenvalue weighted by atomic mass is 10.2. The maximum absolute atomic E-state index is 12.1. The number of nitrogens with zero attached hydrogens (tertiary/aromatic N) is 2. The number of thioether (sulfide) groups is 1. The molecule has 0 spiro atoms. The van der Waals surface area contributed by atoms with Crippen molar-refractivity contribution in [1.82, 2.24) is 10.2 Å². The summed E-state index contributed by atoms with van der Waals surface area (Å²) >= 11 is 2.45. The fraction of sp³-hybridized carbons (Fsp3) is 0.333. The number of anilines is 1. The van der Waals surface area contributed by atoms with Gasteiger partial charge >= 0.3 is 5.97 Å². The summed E-state index contributed by atoms with van der Waals surface area (Å²) in [6.45, 7) is 1.71. The molecule has 2 rings (SSSR count). The Kier molecular flexibility index (Phi) is 6.56. The molecule has 1 unspecified atom stereocenters. The second-order valence-corrected chi connectivity index (χ2v) is 6.94. The SMILES string of the molecule is COC(=O)CSC(C)C(=O)Nc1nnc(-c2ccccc2OC)s1. The van der Waals surface area contributed by atoms with E-state index in [-0.39, 0.29) is 17.6 Å². The van der Waals surface area contributed by atoms with Crippen LogP contribution in [0.15, 0.2) is 24.3 Å².